The topological polar surface area (TPSA) is 39.7 Å². The summed E-state index contributed by atoms with van der Waals surface area (Å²) >= 11 is 0. The Labute approximate surface area is 201 Å². The third-order valence-corrected chi connectivity index (χ3v) is 6.59. The first-order chi connectivity index (χ1) is 16.3. The number of hydrogen-bond acceptors (Lipinski definition) is 4. The second-order valence-corrected chi connectivity index (χ2v) is 9.18. The van der Waals surface area contributed by atoms with Gasteiger partial charge in [-0.15, -0.1) is 0 Å². The van der Waals surface area contributed by atoms with Crippen molar-refractivity contribution in [1.82, 2.24) is 5.32 Å². The molecule has 2 aromatic carbocycles. The number of ether oxygens (including phenoxy) is 3. The van der Waals surface area contributed by atoms with Crippen LogP contribution in [0.3, 0.4) is 0 Å². The van der Waals surface area contributed by atoms with Crippen LogP contribution in [0, 0.1) is 0 Å². The van der Waals surface area contributed by atoms with Crippen LogP contribution in [-0.2, 0) is 27.4 Å². The van der Waals surface area contributed by atoms with E-state index in [4.69, 9.17) is 14.2 Å². The van der Waals surface area contributed by atoms with E-state index in [1.807, 2.05) is 19.2 Å². The van der Waals surface area contributed by atoms with Gasteiger partial charge in [0.05, 0.1) is 31.5 Å². The molecule has 4 atom stereocenters. The zero-order valence-electron chi connectivity index (χ0n) is 20.6. The zero-order valence-corrected chi connectivity index (χ0v) is 20.6. The number of unbranched alkanes of at least 4 members (excludes halogenated alkanes) is 6. The lowest BCUT2D eigenvalue weighted by Crippen LogP contribution is -2.45. The maximum absolute atomic E-state index is 6.45. The Bertz CT molecular complexity index is 739. The molecule has 0 heterocycles. The van der Waals surface area contributed by atoms with Gasteiger partial charge in [-0.1, -0.05) is 106 Å². The van der Waals surface area contributed by atoms with Crippen molar-refractivity contribution in [2.45, 2.75) is 95.9 Å². The van der Waals surface area contributed by atoms with E-state index >= 15 is 0 Å². The summed E-state index contributed by atoms with van der Waals surface area (Å²) in [5, 5.41) is 3.47. The molecule has 0 amide bonds. The molecule has 4 unspecified atom stereocenters. The lowest BCUT2D eigenvalue weighted by Gasteiger charge is -2.27. The molecule has 33 heavy (non-hydrogen) atoms. The summed E-state index contributed by atoms with van der Waals surface area (Å²) in [6.07, 6.45) is 9.94. The Kier molecular flexibility index (Phi) is 12.0. The molecule has 1 fully saturated rings. The normalized spacial score (nSPS) is 22.6. The molecule has 0 aromatic heterocycles. The number of hydrogen-bond donors (Lipinski definition) is 1. The van der Waals surface area contributed by atoms with Crippen molar-refractivity contribution in [3.05, 3.63) is 71.8 Å². The fraction of sp³-hybridized carbons (Fsp3) is 0.586. The molecule has 0 radical (unpaired) electrons. The van der Waals surface area contributed by atoms with Crippen molar-refractivity contribution < 1.29 is 14.2 Å². The lowest BCUT2D eigenvalue weighted by atomic mass is 10.1. The number of likely N-dealkylation sites (N-methyl/N-ethyl adjacent to an activating group) is 1. The summed E-state index contributed by atoms with van der Waals surface area (Å²) in [4.78, 5) is 0. The number of benzene rings is 2. The monoisotopic (exact) mass is 453 g/mol. The standard InChI is InChI=1S/C29H43NO3/c1-3-4-5-6-7-8-15-20-31-29-27(33-23-25-18-13-10-14-19-25)21-26(28(29)30-2)32-22-24-16-11-9-12-17-24/h9-14,16-19,26-30H,3-8,15,20-23H2,1-2H3. The molecule has 1 aliphatic carbocycles. The molecule has 3 rings (SSSR count). The smallest absolute Gasteiger partial charge is 0.101 e. The molecular weight excluding hydrogens is 410 g/mol. The molecule has 1 aliphatic rings. The van der Waals surface area contributed by atoms with Gasteiger partial charge < -0.3 is 19.5 Å². The van der Waals surface area contributed by atoms with Crippen LogP contribution in [0.1, 0.15) is 69.4 Å². The average Bonchev–Trinajstić information content (AvgIpc) is 3.20. The number of nitrogens with one attached hydrogen (secondary N) is 1. The molecule has 0 bridgehead atoms. The first-order valence-corrected chi connectivity index (χ1v) is 12.9. The van der Waals surface area contributed by atoms with Gasteiger partial charge in [0, 0.05) is 13.0 Å². The van der Waals surface area contributed by atoms with Crippen molar-refractivity contribution in [2.24, 2.45) is 0 Å². The third kappa shape index (κ3) is 8.86. The highest BCUT2D eigenvalue weighted by atomic mass is 16.6. The zero-order chi connectivity index (χ0) is 23.1. The molecule has 4 nitrogen and oxygen atoms in total. The van der Waals surface area contributed by atoms with Crippen molar-refractivity contribution in [3.63, 3.8) is 0 Å². The Hall–Kier alpha value is -1.72. The first kappa shape index (κ1) is 25.9. The van der Waals surface area contributed by atoms with Crippen LogP contribution >= 0.6 is 0 Å². The highest BCUT2D eigenvalue weighted by Crippen LogP contribution is 2.30. The first-order valence-electron chi connectivity index (χ1n) is 12.9. The molecule has 182 valence electrons. The van der Waals surface area contributed by atoms with Crippen LogP contribution in [0.15, 0.2) is 60.7 Å². The van der Waals surface area contributed by atoms with Crippen molar-refractivity contribution in [3.8, 4) is 0 Å². The quantitative estimate of drug-likeness (QED) is 0.303. The molecule has 1 N–H and O–H groups in total. The predicted octanol–water partition coefficient (Wildman–Crippen LogP) is 6.28. The van der Waals surface area contributed by atoms with E-state index in [0.717, 1.165) is 19.4 Å². The van der Waals surface area contributed by atoms with Gasteiger partial charge in [-0.25, -0.2) is 0 Å². The van der Waals surface area contributed by atoms with Gasteiger partial charge >= 0.3 is 0 Å². The maximum Gasteiger partial charge on any atom is 0.101 e. The van der Waals surface area contributed by atoms with Gasteiger partial charge in [0.25, 0.3) is 0 Å². The third-order valence-electron chi connectivity index (χ3n) is 6.59. The fourth-order valence-corrected chi connectivity index (χ4v) is 4.68. The maximum atomic E-state index is 6.45. The summed E-state index contributed by atoms with van der Waals surface area (Å²) in [5.41, 5.74) is 2.39. The molecule has 4 heteroatoms. The molecule has 2 aromatic rings. The highest BCUT2D eigenvalue weighted by Gasteiger charge is 2.44. The van der Waals surface area contributed by atoms with Gasteiger partial charge in [-0.3, -0.25) is 0 Å². The summed E-state index contributed by atoms with van der Waals surface area (Å²) in [6.45, 7) is 4.26. The van der Waals surface area contributed by atoms with E-state index in [9.17, 15) is 0 Å². The largest absolute Gasteiger partial charge is 0.374 e. The average molecular weight is 454 g/mol. The second-order valence-electron chi connectivity index (χ2n) is 9.18. The molecule has 0 spiro atoms. The van der Waals surface area contributed by atoms with E-state index in [-0.39, 0.29) is 24.4 Å². The van der Waals surface area contributed by atoms with Crippen LogP contribution in [0.2, 0.25) is 0 Å². The Morgan fingerprint density at radius 3 is 1.82 bits per heavy atom. The van der Waals surface area contributed by atoms with Gasteiger partial charge in [-0.05, 0) is 24.6 Å². The molecule has 1 saturated carbocycles. The Balaban J connectivity index is 1.53. The van der Waals surface area contributed by atoms with Crippen LogP contribution in [0.25, 0.3) is 0 Å². The Morgan fingerprint density at radius 1 is 0.697 bits per heavy atom. The van der Waals surface area contributed by atoms with Crippen molar-refractivity contribution in [2.75, 3.05) is 13.7 Å². The van der Waals surface area contributed by atoms with Gasteiger partial charge in [0.1, 0.15) is 6.10 Å². The predicted molar refractivity (Wildman–Crippen MR) is 135 cm³/mol. The molecule has 0 aliphatic heterocycles. The number of rotatable bonds is 16. The summed E-state index contributed by atoms with van der Waals surface area (Å²) < 4.78 is 19.2. The van der Waals surface area contributed by atoms with E-state index in [2.05, 4.69) is 60.8 Å². The van der Waals surface area contributed by atoms with E-state index < -0.39 is 0 Å². The SMILES string of the molecule is CCCCCCCCCOC1C(OCc2ccccc2)CC(OCc2ccccc2)C1NC. The summed E-state index contributed by atoms with van der Waals surface area (Å²) in [6, 6.07) is 20.9. The van der Waals surface area contributed by atoms with Crippen LogP contribution in [0.5, 0.6) is 0 Å². The Morgan fingerprint density at radius 2 is 1.24 bits per heavy atom. The summed E-state index contributed by atoms with van der Waals surface area (Å²) in [5.74, 6) is 0. The highest BCUT2D eigenvalue weighted by molar-refractivity contribution is 5.14. The summed E-state index contributed by atoms with van der Waals surface area (Å²) in [7, 11) is 2.01. The van der Waals surface area contributed by atoms with Gasteiger partial charge in [0.2, 0.25) is 0 Å². The molecule has 0 saturated heterocycles. The minimum absolute atomic E-state index is 0.000392. The van der Waals surface area contributed by atoms with Gasteiger partial charge in [0.15, 0.2) is 0 Å². The van der Waals surface area contributed by atoms with Crippen LogP contribution in [0.4, 0.5) is 0 Å². The van der Waals surface area contributed by atoms with E-state index in [0.29, 0.717) is 13.2 Å². The van der Waals surface area contributed by atoms with Gasteiger partial charge in [-0.2, -0.15) is 0 Å². The van der Waals surface area contributed by atoms with E-state index in [1.165, 1.54) is 49.7 Å². The van der Waals surface area contributed by atoms with Crippen molar-refractivity contribution >= 4 is 0 Å². The van der Waals surface area contributed by atoms with Crippen molar-refractivity contribution in [1.29, 1.82) is 0 Å². The fourth-order valence-electron chi connectivity index (χ4n) is 4.68. The molecular formula is C29H43NO3. The minimum Gasteiger partial charge on any atom is -0.374 e. The van der Waals surface area contributed by atoms with Crippen LogP contribution in [-0.4, -0.2) is 38.0 Å². The minimum atomic E-state index is -0.000392. The van der Waals surface area contributed by atoms with Crippen LogP contribution < -0.4 is 5.32 Å². The lowest BCUT2D eigenvalue weighted by molar-refractivity contribution is -0.0715. The second kappa shape index (κ2) is 15.2. The van der Waals surface area contributed by atoms with E-state index in [1.54, 1.807) is 0 Å².